The van der Waals surface area contributed by atoms with E-state index in [-0.39, 0.29) is 11.8 Å². The summed E-state index contributed by atoms with van der Waals surface area (Å²) in [6, 6.07) is 0. The number of carboxylic acid groups (broad SMARTS) is 1. The second kappa shape index (κ2) is 5.95. The van der Waals surface area contributed by atoms with Crippen LogP contribution in [0.3, 0.4) is 0 Å². The minimum Gasteiger partial charge on any atom is -0.481 e. The maximum Gasteiger partial charge on any atom is 0.306 e. The normalized spacial score (nSPS) is 23.1. The first-order valence-electron chi connectivity index (χ1n) is 6.72. The van der Waals surface area contributed by atoms with E-state index in [4.69, 9.17) is 0 Å². The molecule has 19 heavy (non-hydrogen) atoms. The molecule has 2 N–H and O–H groups in total. The molecule has 1 fully saturated rings. The Balaban J connectivity index is 1.96. The van der Waals surface area contributed by atoms with Gasteiger partial charge in [-0.2, -0.15) is 5.10 Å². The monoisotopic (exact) mass is 264 g/mol. The van der Waals surface area contributed by atoms with Crippen LogP contribution in [0.15, 0.2) is 0 Å². The first-order chi connectivity index (χ1) is 9.08. The SMILES string of the molecule is Cc1nnc(NCC2CCCCC2C(=O)O)nc1C. The zero-order valence-electron chi connectivity index (χ0n) is 11.4. The molecule has 2 atom stereocenters. The summed E-state index contributed by atoms with van der Waals surface area (Å²) in [5, 5.41) is 20.3. The molecule has 0 aliphatic heterocycles. The van der Waals surface area contributed by atoms with Crippen molar-refractivity contribution in [3.8, 4) is 0 Å². The minimum absolute atomic E-state index is 0.149. The molecule has 2 unspecified atom stereocenters. The number of hydrogen-bond donors (Lipinski definition) is 2. The van der Waals surface area contributed by atoms with Crippen LogP contribution in [-0.4, -0.2) is 32.8 Å². The molecular formula is C13H20N4O2. The molecule has 0 aromatic carbocycles. The minimum atomic E-state index is -0.689. The zero-order valence-corrected chi connectivity index (χ0v) is 11.4. The fraction of sp³-hybridized carbons (Fsp3) is 0.692. The van der Waals surface area contributed by atoms with E-state index < -0.39 is 5.97 Å². The predicted octanol–water partition coefficient (Wildman–Crippen LogP) is 1.79. The number of carboxylic acids is 1. The highest BCUT2D eigenvalue weighted by Crippen LogP contribution is 2.30. The van der Waals surface area contributed by atoms with Crippen LogP contribution in [0.5, 0.6) is 0 Å². The lowest BCUT2D eigenvalue weighted by Crippen LogP contribution is -2.32. The van der Waals surface area contributed by atoms with Crippen molar-refractivity contribution in [1.29, 1.82) is 0 Å². The molecule has 0 saturated heterocycles. The summed E-state index contributed by atoms with van der Waals surface area (Å²) in [4.78, 5) is 15.5. The van der Waals surface area contributed by atoms with Gasteiger partial charge in [-0.3, -0.25) is 4.79 Å². The van der Waals surface area contributed by atoms with E-state index >= 15 is 0 Å². The molecule has 2 rings (SSSR count). The third-order valence-corrected chi connectivity index (χ3v) is 3.84. The number of carbonyl (C=O) groups is 1. The predicted molar refractivity (Wildman–Crippen MR) is 70.9 cm³/mol. The van der Waals surface area contributed by atoms with Gasteiger partial charge < -0.3 is 10.4 Å². The molecule has 0 bridgehead atoms. The average Bonchev–Trinajstić information content (AvgIpc) is 2.40. The molecule has 1 aromatic heterocycles. The van der Waals surface area contributed by atoms with E-state index in [9.17, 15) is 9.90 Å². The first-order valence-corrected chi connectivity index (χ1v) is 6.72. The summed E-state index contributed by atoms with van der Waals surface area (Å²) < 4.78 is 0. The van der Waals surface area contributed by atoms with Crippen LogP contribution in [-0.2, 0) is 4.79 Å². The van der Waals surface area contributed by atoms with Crippen LogP contribution < -0.4 is 5.32 Å². The molecule has 0 radical (unpaired) electrons. The molecule has 1 aliphatic rings. The maximum atomic E-state index is 11.2. The Bertz CT molecular complexity index is 464. The Morgan fingerprint density at radius 3 is 2.68 bits per heavy atom. The molecule has 0 amide bonds. The molecule has 0 spiro atoms. The van der Waals surface area contributed by atoms with E-state index in [0.29, 0.717) is 12.5 Å². The standard InChI is InChI=1S/C13H20N4O2/c1-8-9(2)16-17-13(15-8)14-7-10-5-3-4-6-11(10)12(18)19/h10-11H,3-7H2,1-2H3,(H,18,19)(H,14,15,17). The van der Waals surface area contributed by atoms with Crippen molar-refractivity contribution in [2.45, 2.75) is 39.5 Å². The smallest absolute Gasteiger partial charge is 0.306 e. The van der Waals surface area contributed by atoms with Gasteiger partial charge in [0.2, 0.25) is 5.95 Å². The van der Waals surface area contributed by atoms with Crippen LogP contribution >= 0.6 is 0 Å². The number of hydrogen-bond acceptors (Lipinski definition) is 5. The summed E-state index contributed by atoms with van der Waals surface area (Å²) >= 11 is 0. The van der Waals surface area contributed by atoms with E-state index in [1.54, 1.807) is 0 Å². The molecule has 104 valence electrons. The molecule has 6 nitrogen and oxygen atoms in total. The molecule has 1 aliphatic carbocycles. The van der Waals surface area contributed by atoms with Gasteiger partial charge in [-0.25, -0.2) is 4.98 Å². The zero-order chi connectivity index (χ0) is 13.8. The number of rotatable bonds is 4. The number of aromatic nitrogens is 3. The Hall–Kier alpha value is -1.72. The number of nitrogens with one attached hydrogen (secondary N) is 1. The fourth-order valence-electron chi connectivity index (χ4n) is 2.53. The number of anilines is 1. The Labute approximate surface area is 112 Å². The topological polar surface area (TPSA) is 88.0 Å². The Morgan fingerprint density at radius 1 is 1.26 bits per heavy atom. The third-order valence-electron chi connectivity index (χ3n) is 3.84. The van der Waals surface area contributed by atoms with Gasteiger partial charge in [-0.05, 0) is 32.6 Å². The van der Waals surface area contributed by atoms with Gasteiger partial charge in [0.25, 0.3) is 0 Å². The second-order valence-electron chi connectivity index (χ2n) is 5.18. The van der Waals surface area contributed by atoms with Gasteiger partial charge in [-0.15, -0.1) is 5.10 Å². The van der Waals surface area contributed by atoms with Crippen molar-refractivity contribution in [2.24, 2.45) is 11.8 Å². The quantitative estimate of drug-likeness (QED) is 0.862. The van der Waals surface area contributed by atoms with Crippen LogP contribution in [0, 0.1) is 25.7 Å². The van der Waals surface area contributed by atoms with E-state index in [1.807, 2.05) is 13.8 Å². The van der Waals surface area contributed by atoms with Gasteiger partial charge >= 0.3 is 5.97 Å². The van der Waals surface area contributed by atoms with E-state index in [0.717, 1.165) is 37.1 Å². The summed E-state index contributed by atoms with van der Waals surface area (Å²) in [5.41, 5.74) is 1.66. The fourth-order valence-corrected chi connectivity index (χ4v) is 2.53. The summed E-state index contributed by atoms with van der Waals surface area (Å²) in [6.07, 6.45) is 3.83. The lowest BCUT2D eigenvalue weighted by molar-refractivity contribution is -0.144. The van der Waals surface area contributed by atoms with Gasteiger partial charge in [0.1, 0.15) is 0 Å². The largest absolute Gasteiger partial charge is 0.481 e. The first kappa shape index (κ1) is 13.7. The number of nitrogens with zero attached hydrogens (tertiary/aromatic N) is 3. The summed E-state index contributed by atoms with van der Waals surface area (Å²) in [5.74, 6) is -0.305. The van der Waals surface area contributed by atoms with E-state index in [2.05, 4.69) is 20.5 Å². The van der Waals surface area contributed by atoms with Crippen LogP contribution in [0.2, 0.25) is 0 Å². The number of aryl methyl sites for hydroxylation is 2. The van der Waals surface area contributed by atoms with Crippen molar-refractivity contribution in [1.82, 2.24) is 15.2 Å². The Morgan fingerprint density at radius 2 is 2.00 bits per heavy atom. The molecule has 1 heterocycles. The lowest BCUT2D eigenvalue weighted by Gasteiger charge is -2.28. The number of aliphatic carboxylic acids is 1. The highest BCUT2D eigenvalue weighted by atomic mass is 16.4. The van der Waals surface area contributed by atoms with Gasteiger partial charge in [0.15, 0.2) is 0 Å². The maximum absolute atomic E-state index is 11.2. The van der Waals surface area contributed by atoms with E-state index in [1.165, 1.54) is 0 Å². The van der Waals surface area contributed by atoms with Gasteiger partial charge in [0, 0.05) is 6.54 Å². The van der Waals surface area contributed by atoms with Crippen molar-refractivity contribution in [3.63, 3.8) is 0 Å². The average molecular weight is 264 g/mol. The molecule has 6 heteroatoms. The van der Waals surface area contributed by atoms with Crippen molar-refractivity contribution in [3.05, 3.63) is 11.4 Å². The molecule has 1 saturated carbocycles. The van der Waals surface area contributed by atoms with Crippen LogP contribution in [0.25, 0.3) is 0 Å². The summed E-state index contributed by atoms with van der Waals surface area (Å²) in [6.45, 7) is 4.34. The highest BCUT2D eigenvalue weighted by molar-refractivity contribution is 5.70. The Kier molecular flexibility index (Phi) is 4.29. The second-order valence-corrected chi connectivity index (χ2v) is 5.18. The summed E-state index contributed by atoms with van der Waals surface area (Å²) in [7, 11) is 0. The van der Waals surface area contributed by atoms with Crippen LogP contribution in [0.4, 0.5) is 5.95 Å². The lowest BCUT2D eigenvalue weighted by atomic mass is 9.79. The van der Waals surface area contributed by atoms with Crippen LogP contribution in [0.1, 0.15) is 37.1 Å². The molecular weight excluding hydrogens is 244 g/mol. The highest BCUT2D eigenvalue weighted by Gasteiger charge is 2.30. The van der Waals surface area contributed by atoms with Gasteiger partial charge in [-0.1, -0.05) is 12.8 Å². The van der Waals surface area contributed by atoms with Gasteiger partial charge in [0.05, 0.1) is 17.3 Å². The van der Waals surface area contributed by atoms with Crippen molar-refractivity contribution in [2.75, 3.05) is 11.9 Å². The molecule has 1 aromatic rings. The third kappa shape index (κ3) is 3.39. The van der Waals surface area contributed by atoms with Crippen molar-refractivity contribution < 1.29 is 9.90 Å². The van der Waals surface area contributed by atoms with Crippen molar-refractivity contribution >= 4 is 11.9 Å².